The monoisotopic (exact) mass is 667 g/mol. The number of morpholine rings is 1. The van der Waals surface area contributed by atoms with Crippen LogP contribution in [-0.4, -0.2) is 98.0 Å². The van der Waals surface area contributed by atoms with Gasteiger partial charge in [-0.2, -0.15) is 39.5 Å². The Balaban J connectivity index is 0.000000396. The largest absolute Gasteiger partial charge is 0.490 e. The van der Waals surface area contributed by atoms with Gasteiger partial charge in [0.1, 0.15) is 0 Å². The van der Waals surface area contributed by atoms with Gasteiger partial charge in [-0.25, -0.2) is 14.4 Å². The molecule has 11 nitrogen and oxygen atoms in total. The molecule has 1 aliphatic carbocycles. The van der Waals surface area contributed by atoms with Gasteiger partial charge in [-0.1, -0.05) is 12.1 Å². The molecule has 1 saturated heterocycles. The number of alkyl halides is 9. The Hall–Kier alpha value is -4.04. The van der Waals surface area contributed by atoms with Crippen molar-refractivity contribution in [3.8, 4) is 0 Å². The molecule has 0 bridgehead atoms. The van der Waals surface area contributed by atoms with Crippen molar-refractivity contribution in [3.63, 3.8) is 0 Å². The molecule has 2 fully saturated rings. The highest BCUT2D eigenvalue weighted by molar-refractivity contribution is 5.73. The van der Waals surface area contributed by atoms with E-state index < -0.39 is 36.4 Å². The second-order valence-corrected chi connectivity index (χ2v) is 8.93. The van der Waals surface area contributed by atoms with Crippen LogP contribution in [-0.2, 0) is 37.0 Å². The second-order valence-electron chi connectivity index (χ2n) is 8.93. The lowest BCUT2D eigenvalue weighted by molar-refractivity contribution is -0.193. The van der Waals surface area contributed by atoms with Crippen LogP contribution in [0.3, 0.4) is 0 Å². The van der Waals surface area contributed by atoms with E-state index in [4.69, 9.17) is 39.2 Å². The van der Waals surface area contributed by atoms with E-state index in [-0.39, 0.29) is 12.2 Å². The van der Waals surface area contributed by atoms with Gasteiger partial charge >= 0.3 is 36.4 Å². The maximum Gasteiger partial charge on any atom is 0.490 e. The van der Waals surface area contributed by atoms with Crippen LogP contribution in [0.5, 0.6) is 0 Å². The molecular formula is C25H26F9N3O8. The van der Waals surface area contributed by atoms with Gasteiger partial charge in [0.2, 0.25) is 0 Å². The van der Waals surface area contributed by atoms with E-state index in [1.807, 2.05) is 30.7 Å². The fourth-order valence-corrected chi connectivity index (χ4v) is 3.78. The van der Waals surface area contributed by atoms with Gasteiger partial charge in [-0.05, 0) is 36.1 Å². The van der Waals surface area contributed by atoms with Crippen LogP contribution in [0.25, 0.3) is 0 Å². The molecule has 20 heteroatoms. The van der Waals surface area contributed by atoms with E-state index in [2.05, 4.69) is 27.0 Å². The summed E-state index contributed by atoms with van der Waals surface area (Å²) in [5, 5.41) is 21.4. The van der Waals surface area contributed by atoms with Crippen LogP contribution in [0, 0.1) is 0 Å². The highest BCUT2D eigenvalue weighted by Gasteiger charge is 2.43. The number of hydrogen-bond acceptors (Lipinski definition) is 8. The summed E-state index contributed by atoms with van der Waals surface area (Å²) in [5.41, 5.74) is 2.38. The third-order valence-corrected chi connectivity index (χ3v) is 5.67. The summed E-state index contributed by atoms with van der Waals surface area (Å²) in [5.74, 6) is -8.27. The maximum absolute atomic E-state index is 10.6. The van der Waals surface area contributed by atoms with Crippen molar-refractivity contribution < 1.29 is 78.7 Å². The number of rotatable bonds is 5. The minimum absolute atomic E-state index is 0.173. The first-order valence-electron chi connectivity index (χ1n) is 12.4. The fourth-order valence-electron chi connectivity index (χ4n) is 3.78. The molecule has 0 spiro atoms. The van der Waals surface area contributed by atoms with Crippen LogP contribution in [0.4, 0.5) is 39.5 Å². The molecule has 0 unspecified atom stereocenters. The Morgan fingerprint density at radius 3 is 1.64 bits per heavy atom. The van der Waals surface area contributed by atoms with E-state index in [9.17, 15) is 39.5 Å². The van der Waals surface area contributed by atoms with Crippen LogP contribution in [0.1, 0.15) is 24.0 Å². The number of carboxylic acid groups (broad SMARTS) is 3. The van der Waals surface area contributed by atoms with Crippen molar-refractivity contribution >= 4 is 17.9 Å². The first-order chi connectivity index (χ1) is 20.7. The van der Waals surface area contributed by atoms with Gasteiger partial charge in [0.25, 0.3) is 0 Å². The maximum atomic E-state index is 10.6. The summed E-state index contributed by atoms with van der Waals surface area (Å²) in [4.78, 5) is 37.6. The van der Waals surface area contributed by atoms with Gasteiger partial charge in [0.15, 0.2) is 0 Å². The molecule has 1 saturated carbocycles. The first kappa shape index (κ1) is 39.0. The molecule has 45 heavy (non-hydrogen) atoms. The molecule has 3 heterocycles. The summed E-state index contributed by atoms with van der Waals surface area (Å²) >= 11 is 0. The predicted octanol–water partition coefficient (Wildman–Crippen LogP) is 4.33. The third-order valence-electron chi connectivity index (χ3n) is 5.67. The topological polar surface area (TPSA) is 159 Å². The number of halogens is 9. The number of nitrogens with zero attached hydrogens (tertiary/aromatic N) is 3. The van der Waals surface area contributed by atoms with Crippen molar-refractivity contribution in [2.45, 2.75) is 62.8 Å². The molecule has 2 aliphatic rings. The van der Waals surface area contributed by atoms with Crippen molar-refractivity contribution in [3.05, 3.63) is 60.2 Å². The molecule has 0 amide bonds. The molecule has 3 atom stereocenters. The molecular weight excluding hydrogens is 641 g/mol. The van der Waals surface area contributed by atoms with Crippen LogP contribution < -0.4 is 0 Å². The summed E-state index contributed by atoms with van der Waals surface area (Å²) in [6.45, 7) is 3.29. The SMILES string of the molecule is O=C(O)C(F)(F)F.O=C(O)C(F)(F)F.O=C(O)C(F)(F)F.c1cncc(CO[C@@H]2CC[C@H]3[C@H]2OCCN3Cc2cccnc2)c1. The lowest BCUT2D eigenvalue weighted by Crippen LogP contribution is -2.51. The minimum atomic E-state index is -5.08. The number of carboxylic acids is 3. The normalized spacial score (nSPS) is 19.7. The Labute approximate surface area is 248 Å². The molecule has 0 radical (unpaired) electrons. The van der Waals surface area contributed by atoms with Crippen LogP contribution in [0.15, 0.2) is 49.1 Å². The molecule has 2 aromatic rings. The summed E-state index contributed by atoms with van der Waals surface area (Å²) < 4.78 is 107. The molecule has 4 rings (SSSR count). The Morgan fingerprint density at radius 1 is 0.800 bits per heavy atom. The van der Waals surface area contributed by atoms with Gasteiger partial charge < -0.3 is 24.8 Å². The molecule has 3 N–H and O–H groups in total. The minimum Gasteiger partial charge on any atom is -0.475 e. The number of ether oxygens (including phenoxy) is 2. The van der Waals surface area contributed by atoms with Crippen molar-refractivity contribution in [1.82, 2.24) is 14.9 Å². The zero-order valence-corrected chi connectivity index (χ0v) is 22.7. The number of pyridine rings is 2. The zero-order valence-electron chi connectivity index (χ0n) is 22.7. The van der Waals surface area contributed by atoms with E-state index in [1.54, 1.807) is 6.20 Å². The summed E-state index contributed by atoms with van der Waals surface area (Å²) in [6, 6.07) is 8.58. The predicted molar refractivity (Wildman–Crippen MR) is 131 cm³/mol. The number of carbonyl (C=O) groups is 3. The Bertz CT molecular complexity index is 1140. The van der Waals surface area contributed by atoms with Crippen LogP contribution in [0.2, 0.25) is 0 Å². The number of hydrogen-bond donors (Lipinski definition) is 3. The fraction of sp³-hybridized carbons (Fsp3) is 0.480. The van der Waals surface area contributed by atoms with Gasteiger partial charge in [0.05, 0.1) is 25.4 Å². The summed E-state index contributed by atoms with van der Waals surface area (Å²) in [7, 11) is 0. The van der Waals surface area contributed by atoms with Gasteiger partial charge in [-0.3, -0.25) is 14.9 Å². The lowest BCUT2D eigenvalue weighted by Gasteiger charge is -2.39. The lowest BCUT2D eigenvalue weighted by atomic mass is 10.1. The van der Waals surface area contributed by atoms with E-state index >= 15 is 0 Å². The van der Waals surface area contributed by atoms with Crippen molar-refractivity contribution in [2.24, 2.45) is 0 Å². The highest BCUT2D eigenvalue weighted by Crippen LogP contribution is 2.33. The Morgan fingerprint density at radius 2 is 1.24 bits per heavy atom. The van der Waals surface area contributed by atoms with Crippen LogP contribution >= 0.6 is 0 Å². The van der Waals surface area contributed by atoms with Crippen molar-refractivity contribution in [2.75, 3.05) is 13.2 Å². The molecule has 252 valence electrons. The molecule has 1 aliphatic heterocycles. The molecule has 0 aromatic carbocycles. The second kappa shape index (κ2) is 17.4. The first-order valence-corrected chi connectivity index (χ1v) is 12.4. The summed E-state index contributed by atoms with van der Waals surface area (Å²) in [6.07, 6.45) is -5.29. The van der Waals surface area contributed by atoms with E-state index in [0.717, 1.165) is 38.1 Å². The van der Waals surface area contributed by atoms with E-state index in [0.29, 0.717) is 12.6 Å². The van der Waals surface area contributed by atoms with Gasteiger partial charge in [-0.15, -0.1) is 0 Å². The number of aliphatic carboxylic acids is 3. The number of fused-ring (bicyclic) bond motifs is 1. The quantitative estimate of drug-likeness (QED) is 0.390. The average molecular weight is 667 g/mol. The standard InChI is InChI=1S/C19H23N3O2.3C2HF3O2/c1-3-15(11-20-7-1)13-22-9-10-23-19-17(22)5-6-18(19)24-14-16-4-2-8-21-12-16;3*3-2(4,5)1(6)7/h1-4,7-8,11-12,17-19H,5-6,9-10,13-14H2;3*(H,6,7)/t17-,18+,19+;;;/m0.../s1. The van der Waals surface area contributed by atoms with E-state index in [1.165, 1.54) is 5.56 Å². The van der Waals surface area contributed by atoms with Crippen molar-refractivity contribution in [1.29, 1.82) is 0 Å². The zero-order chi connectivity index (χ0) is 34.4. The smallest absolute Gasteiger partial charge is 0.475 e. The van der Waals surface area contributed by atoms with Gasteiger partial charge in [0, 0.05) is 43.9 Å². The highest BCUT2D eigenvalue weighted by atomic mass is 19.4. The average Bonchev–Trinajstić information content (AvgIpc) is 3.37. The third kappa shape index (κ3) is 15.0. The number of aromatic nitrogens is 2. The molecule has 2 aromatic heterocycles. The Kier molecular flexibility index (Phi) is 15.1.